The standard InChI is InChI=1S/C18H23N5O/c1-3-14(24)11-19-17-15-12-20-23(2)18(15)22-16(21-17)10-9-13-7-5-4-6-8-13/h4-8,12,14,24H,3,9-11H2,1-2H3,(H,19,21,22). The Balaban J connectivity index is 1.83. The van der Waals surface area contributed by atoms with E-state index in [0.29, 0.717) is 13.0 Å². The number of hydrogen-bond acceptors (Lipinski definition) is 5. The second-order valence-electron chi connectivity index (χ2n) is 5.92. The fraction of sp³-hybridized carbons (Fsp3) is 0.389. The third kappa shape index (κ3) is 3.71. The number of aryl methyl sites for hydroxylation is 3. The van der Waals surface area contributed by atoms with Crippen molar-refractivity contribution < 1.29 is 5.11 Å². The number of fused-ring (bicyclic) bond motifs is 1. The van der Waals surface area contributed by atoms with Crippen LogP contribution in [-0.2, 0) is 19.9 Å². The smallest absolute Gasteiger partial charge is 0.163 e. The zero-order chi connectivity index (χ0) is 16.9. The van der Waals surface area contributed by atoms with E-state index in [1.807, 2.05) is 32.2 Å². The molecule has 6 heteroatoms. The molecule has 126 valence electrons. The number of rotatable bonds is 7. The number of aliphatic hydroxyl groups excluding tert-OH is 1. The van der Waals surface area contributed by atoms with E-state index in [4.69, 9.17) is 0 Å². The molecule has 1 unspecified atom stereocenters. The molecule has 0 aliphatic heterocycles. The van der Waals surface area contributed by atoms with Gasteiger partial charge in [0.1, 0.15) is 11.6 Å². The maximum absolute atomic E-state index is 9.79. The van der Waals surface area contributed by atoms with Crippen LogP contribution in [0.2, 0.25) is 0 Å². The van der Waals surface area contributed by atoms with E-state index < -0.39 is 0 Å². The molecule has 6 nitrogen and oxygen atoms in total. The number of nitrogens with one attached hydrogen (secondary N) is 1. The second-order valence-corrected chi connectivity index (χ2v) is 5.92. The molecule has 0 amide bonds. The summed E-state index contributed by atoms with van der Waals surface area (Å²) in [7, 11) is 1.88. The van der Waals surface area contributed by atoms with E-state index in [0.717, 1.165) is 35.5 Å². The number of aliphatic hydroxyl groups is 1. The number of hydrogen-bond donors (Lipinski definition) is 2. The van der Waals surface area contributed by atoms with Crippen molar-refractivity contribution in [2.45, 2.75) is 32.3 Å². The average Bonchev–Trinajstić information content (AvgIpc) is 2.99. The van der Waals surface area contributed by atoms with E-state index in [1.165, 1.54) is 5.56 Å². The highest BCUT2D eigenvalue weighted by Crippen LogP contribution is 2.20. The Kier molecular flexibility index (Phi) is 5.05. The zero-order valence-corrected chi connectivity index (χ0v) is 14.1. The topological polar surface area (TPSA) is 75.9 Å². The van der Waals surface area contributed by atoms with Gasteiger partial charge in [0.05, 0.1) is 17.7 Å². The molecule has 0 spiro atoms. The Bertz CT molecular complexity index is 800. The van der Waals surface area contributed by atoms with Gasteiger partial charge >= 0.3 is 0 Å². The Morgan fingerprint density at radius 3 is 2.71 bits per heavy atom. The molecule has 0 saturated carbocycles. The van der Waals surface area contributed by atoms with Crippen LogP contribution in [0.3, 0.4) is 0 Å². The fourth-order valence-corrected chi connectivity index (χ4v) is 2.57. The van der Waals surface area contributed by atoms with Gasteiger partial charge in [-0.15, -0.1) is 0 Å². The van der Waals surface area contributed by atoms with Crippen molar-refractivity contribution in [3.05, 3.63) is 47.9 Å². The van der Waals surface area contributed by atoms with Crippen LogP contribution in [0.15, 0.2) is 36.5 Å². The minimum atomic E-state index is -0.389. The van der Waals surface area contributed by atoms with Crippen LogP contribution in [0.4, 0.5) is 5.82 Å². The van der Waals surface area contributed by atoms with Crippen molar-refractivity contribution in [3.8, 4) is 0 Å². The quantitative estimate of drug-likeness (QED) is 0.697. The third-order valence-electron chi connectivity index (χ3n) is 4.09. The third-order valence-corrected chi connectivity index (χ3v) is 4.09. The molecule has 0 aliphatic rings. The highest BCUT2D eigenvalue weighted by atomic mass is 16.3. The summed E-state index contributed by atoms with van der Waals surface area (Å²) in [4.78, 5) is 9.29. The first-order chi connectivity index (χ1) is 11.7. The molecule has 0 radical (unpaired) electrons. The van der Waals surface area contributed by atoms with Crippen LogP contribution in [-0.4, -0.2) is 37.5 Å². The molecule has 24 heavy (non-hydrogen) atoms. The minimum Gasteiger partial charge on any atom is -0.391 e. The maximum Gasteiger partial charge on any atom is 0.163 e. The van der Waals surface area contributed by atoms with Gasteiger partial charge in [0, 0.05) is 20.0 Å². The van der Waals surface area contributed by atoms with E-state index in [9.17, 15) is 5.11 Å². The van der Waals surface area contributed by atoms with Crippen molar-refractivity contribution in [2.75, 3.05) is 11.9 Å². The van der Waals surface area contributed by atoms with Crippen LogP contribution < -0.4 is 5.32 Å². The van der Waals surface area contributed by atoms with Gasteiger partial charge in [0.2, 0.25) is 0 Å². The van der Waals surface area contributed by atoms with Crippen molar-refractivity contribution in [1.29, 1.82) is 0 Å². The van der Waals surface area contributed by atoms with Crippen molar-refractivity contribution >= 4 is 16.9 Å². The molecular formula is C18H23N5O. The summed E-state index contributed by atoms with van der Waals surface area (Å²) in [5.41, 5.74) is 2.07. The minimum absolute atomic E-state index is 0.389. The van der Waals surface area contributed by atoms with Crippen LogP contribution in [0.25, 0.3) is 11.0 Å². The summed E-state index contributed by atoms with van der Waals surface area (Å²) in [5.74, 6) is 1.52. The second kappa shape index (κ2) is 7.40. The van der Waals surface area contributed by atoms with E-state index >= 15 is 0 Å². The predicted molar refractivity (Wildman–Crippen MR) is 94.9 cm³/mol. The first-order valence-electron chi connectivity index (χ1n) is 8.32. The summed E-state index contributed by atoms with van der Waals surface area (Å²) < 4.78 is 1.75. The fourth-order valence-electron chi connectivity index (χ4n) is 2.57. The van der Waals surface area contributed by atoms with Gasteiger partial charge in [0.25, 0.3) is 0 Å². The molecule has 0 bridgehead atoms. The molecule has 1 atom stereocenters. The first kappa shape index (κ1) is 16.4. The summed E-state index contributed by atoms with van der Waals surface area (Å²) in [5, 5.41) is 18.2. The Hall–Kier alpha value is -2.47. The lowest BCUT2D eigenvalue weighted by Gasteiger charge is -2.12. The lowest BCUT2D eigenvalue weighted by molar-refractivity contribution is 0.183. The molecule has 0 saturated heterocycles. The van der Waals surface area contributed by atoms with Crippen LogP contribution in [0, 0.1) is 0 Å². The number of benzene rings is 1. The van der Waals surface area contributed by atoms with Crippen LogP contribution >= 0.6 is 0 Å². The summed E-state index contributed by atoms with van der Waals surface area (Å²) in [6.45, 7) is 2.42. The molecule has 2 aromatic heterocycles. The molecule has 3 rings (SSSR count). The monoisotopic (exact) mass is 325 g/mol. The van der Waals surface area contributed by atoms with Gasteiger partial charge in [-0.05, 0) is 18.4 Å². The Morgan fingerprint density at radius 2 is 1.96 bits per heavy atom. The number of nitrogens with zero attached hydrogens (tertiary/aromatic N) is 4. The lowest BCUT2D eigenvalue weighted by Crippen LogP contribution is -2.19. The molecule has 0 fully saturated rings. The first-order valence-corrected chi connectivity index (χ1v) is 8.32. The van der Waals surface area contributed by atoms with Crippen LogP contribution in [0.5, 0.6) is 0 Å². The van der Waals surface area contributed by atoms with Crippen molar-refractivity contribution in [3.63, 3.8) is 0 Å². The van der Waals surface area contributed by atoms with Gasteiger partial charge in [-0.25, -0.2) is 9.97 Å². The summed E-state index contributed by atoms with van der Waals surface area (Å²) in [6.07, 6.45) is 3.73. The van der Waals surface area contributed by atoms with Gasteiger partial charge in [-0.1, -0.05) is 37.3 Å². The highest BCUT2D eigenvalue weighted by Gasteiger charge is 2.12. The Morgan fingerprint density at radius 1 is 1.17 bits per heavy atom. The molecule has 1 aromatic carbocycles. The number of aromatic nitrogens is 4. The van der Waals surface area contributed by atoms with Crippen molar-refractivity contribution in [2.24, 2.45) is 7.05 Å². The molecular weight excluding hydrogens is 302 g/mol. The van der Waals surface area contributed by atoms with Gasteiger partial charge in [0.15, 0.2) is 5.65 Å². The van der Waals surface area contributed by atoms with E-state index in [1.54, 1.807) is 10.9 Å². The maximum atomic E-state index is 9.79. The molecule has 3 aromatic rings. The number of anilines is 1. The van der Waals surface area contributed by atoms with Crippen LogP contribution in [0.1, 0.15) is 24.7 Å². The van der Waals surface area contributed by atoms with Crippen molar-refractivity contribution in [1.82, 2.24) is 19.7 Å². The normalized spacial score (nSPS) is 12.5. The van der Waals surface area contributed by atoms with Gasteiger partial charge in [-0.2, -0.15) is 5.10 Å². The zero-order valence-electron chi connectivity index (χ0n) is 14.1. The van der Waals surface area contributed by atoms with E-state index in [-0.39, 0.29) is 6.10 Å². The predicted octanol–water partition coefficient (Wildman–Crippen LogP) is 2.33. The highest BCUT2D eigenvalue weighted by molar-refractivity contribution is 5.86. The van der Waals surface area contributed by atoms with Gasteiger partial charge < -0.3 is 10.4 Å². The van der Waals surface area contributed by atoms with Gasteiger partial charge in [-0.3, -0.25) is 4.68 Å². The summed E-state index contributed by atoms with van der Waals surface area (Å²) in [6, 6.07) is 10.3. The largest absolute Gasteiger partial charge is 0.391 e. The average molecular weight is 325 g/mol. The molecule has 2 heterocycles. The molecule has 0 aliphatic carbocycles. The van der Waals surface area contributed by atoms with E-state index in [2.05, 4.69) is 32.5 Å². The Labute approximate surface area is 141 Å². The lowest BCUT2D eigenvalue weighted by atomic mass is 10.1. The molecule has 2 N–H and O–H groups in total. The summed E-state index contributed by atoms with van der Waals surface area (Å²) >= 11 is 0. The SMILES string of the molecule is CCC(O)CNc1nc(CCc2ccccc2)nc2c1cnn2C.